The third kappa shape index (κ3) is 2.52. The Labute approximate surface area is 119 Å². The first-order chi connectivity index (χ1) is 9.72. The van der Waals surface area contributed by atoms with Crippen LogP contribution in [0.3, 0.4) is 0 Å². The number of carbonyl (C=O) groups is 1. The highest BCUT2D eigenvalue weighted by Gasteiger charge is 2.34. The van der Waals surface area contributed by atoms with E-state index in [2.05, 4.69) is 16.7 Å². The number of hydrogen-bond acceptors (Lipinski definition) is 3. The summed E-state index contributed by atoms with van der Waals surface area (Å²) in [5, 5.41) is 15.9. The lowest BCUT2D eigenvalue weighted by Gasteiger charge is -2.27. The minimum Gasteiger partial charge on any atom is -0.396 e. The smallest absolute Gasteiger partial charge is 0.242 e. The van der Waals surface area contributed by atoms with Gasteiger partial charge in [0, 0.05) is 24.1 Å². The molecule has 20 heavy (non-hydrogen) atoms. The first-order valence-electron chi connectivity index (χ1n) is 7.45. The van der Waals surface area contributed by atoms with Crippen LogP contribution < -0.4 is 10.6 Å². The first kappa shape index (κ1) is 13.4. The number of benzene rings is 1. The Morgan fingerprint density at radius 3 is 2.80 bits per heavy atom. The number of carbonyl (C=O) groups excluding carboxylic acids is 1. The van der Waals surface area contributed by atoms with Crippen LogP contribution in [0.5, 0.6) is 0 Å². The summed E-state index contributed by atoms with van der Waals surface area (Å²) in [6.45, 7) is 0.766. The molecule has 4 heteroatoms. The van der Waals surface area contributed by atoms with Crippen LogP contribution in [-0.4, -0.2) is 30.2 Å². The highest BCUT2D eigenvalue weighted by molar-refractivity contribution is 5.87. The average Bonchev–Trinajstić information content (AvgIpc) is 3.12. The molecule has 1 saturated carbocycles. The van der Waals surface area contributed by atoms with Crippen LogP contribution in [0, 0.1) is 5.41 Å². The van der Waals surface area contributed by atoms with Crippen LogP contribution in [0.25, 0.3) is 0 Å². The summed E-state index contributed by atoms with van der Waals surface area (Å²) in [4.78, 5) is 12.3. The quantitative estimate of drug-likeness (QED) is 0.783. The number of nitrogens with one attached hydrogen (secondary N) is 2. The Hall–Kier alpha value is -1.55. The van der Waals surface area contributed by atoms with Crippen molar-refractivity contribution in [3.63, 3.8) is 0 Å². The predicted molar refractivity (Wildman–Crippen MR) is 78.6 cm³/mol. The lowest BCUT2D eigenvalue weighted by atomic mass is 9.87. The molecule has 0 bridgehead atoms. The van der Waals surface area contributed by atoms with Crippen molar-refractivity contribution < 1.29 is 9.90 Å². The van der Waals surface area contributed by atoms with E-state index in [4.69, 9.17) is 0 Å². The van der Waals surface area contributed by atoms with E-state index >= 15 is 0 Å². The normalized spacial score (nSPS) is 23.1. The lowest BCUT2D eigenvalue weighted by Crippen LogP contribution is -2.44. The van der Waals surface area contributed by atoms with Gasteiger partial charge >= 0.3 is 0 Å². The van der Waals surface area contributed by atoms with Gasteiger partial charge in [-0.15, -0.1) is 0 Å². The number of rotatable bonds is 4. The molecule has 1 aromatic carbocycles. The fourth-order valence-corrected chi connectivity index (χ4v) is 3.37. The van der Waals surface area contributed by atoms with Crippen LogP contribution in [0.2, 0.25) is 0 Å². The van der Waals surface area contributed by atoms with E-state index in [1.807, 2.05) is 18.2 Å². The molecule has 0 radical (unpaired) electrons. The van der Waals surface area contributed by atoms with E-state index in [0.717, 1.165) is 37.8 Å². The van der Waals surface area contributed by atoms with E-state index in [1.165, 1.54) is 5.56 Å². The third-order valence-corrected chi connectivity index (χ3v) is 4.72. The molecule has 4 nitrogen and oxygen atoms in total. The highest BCUT2D eigenvalue weighted by Crippen LogP contribution is 2.37. The van der Waals surface area contributed by atoms with Gasteiger partial charge in [0.25, 0.3) is 0 Å². The van der Waals surface area contributed by atoms with Crippen molar-refractivity contribution in [1.29, 1.82) is 0 Å². The Kier molecular flexibility index (Phi) is 3.66. The van der Waals surface area contributed by atoms with E-state index < -0.39 is 0 Å². The van der Waals surface area contributed by atoms with Crippen molar-refractivity contribution in [3.8, 4) is 0 Å². The number of amides is 1. The van der Waals surface area contributed by atoms with Crippen LogP contribution in [0.4, 0.5) is 5.69 Å². The van der Waals surface area contributed by atoms with Gasteiger partial charge in [0.1, 0.15) is 6.04 Å². The number of fused-ring (bicyclic) bond motifs is 1. The van der Waals surface area contributed by atoms with Crippen molar-refractivity contribution >= 4 is 11.6 Å². The zero-order valence-electron chi connectivity index (χ0n) is 11.7. The fraction of sp³-hybridized carbons (Fsp3) is 0.562. The van der Waals surface area contributed by atoms with Crippen LogP contribution in [0.1, 0.15) is 31.2 Å². The molecule has 108 valence electrons. The molecule has 1 atom stereocenters. The van der Waals surface area contributed by atoms with Gasteiger partial charge in [0.2, 0.25) is 5.91 Å². The minimum atomic E-state index is -0.176. The number of aliphatic hydroxyl groups is 1. The maximum absolute atomic E-state index is 12.3. The molecule has 1 amide bonds. The Balaban J connectivity index is 1.56. The molecule has 1 fully saturated rings. The summed E-state index contributed by atoms with van der Waals surface area (Å²) < 4.78 is 0. The first-order valence-corrected chi connectivity index (χ1v) is 7.45. The van der Waals surface area contributed by atoms with Crippen molar-refractivity contribution in [2.24, 2.45) is 5.41 Å². The van der Waals surface area contributed by atoms with Crippen LogP contribution in [-0.2, 0) is 11.2 Å². The fourth-order valence-electron chi connectivity index (χ4n) is 3.37. The molecule has 1 aliphatic heterocycles. The summed E-state index contributed by atoms with van der Waals surface area (Å²) in [6, 6.07) is 7.87. The molecule has 0 saturated heterocycles. The van der Waals surface area contributed by atoms with E-state index in [9.17, 15) is 9.90 Å². The largest absolute Gasteiger partial charge is 0.396 e. The molecule has 3 rings (SSSR count). The molecule has 0 aromatic heterocycles. The predicted octanol–water partition coefficient (Wildman–Crippen LogP) is 1.69. The van der Waals surface area contributed by atoms with Gasteiger partial charge < -0.3 is 15.7 Å². The topological polar surface area (TPSA) is 61.4 Å². The summed E-state index contributed by atoms with van der Waals surface area (Å²) in [5.41, 5.74) is 2.18. The second kappa shape index (κ2) is 5.44. The zero-order valence-corrected chi connectivity index (χ0v) is 11.7. The molecule has 1 aromatic rings. The van der Waals surface area contributed by atoms with E-state index in [1.54, 1.807) is 0 Å². The van der Waals surface area contributed by atoms with Crippen molar-refractivity contribution in [1.82, 2.24) is 5.32 Å². The van der Waals surface area contributed by atoms with Gasteiger partial charge in [-0.05, 0) is 24.5 Å². The Bertz CT molecular complexity index is 470. The molecule has 2 aliphatic rings. The molecule has 1 aliphatic carbocycles. The minimum absolute atomic E-state index is 0.0425. The van der Waals surface area contributed by atoms with Gasteiger partial charge in [0.15, 0.2) is 0 Å². The number of anilines is 1. The van der Waals surface area contributed by atoms with E-state index in [0.29, 0.717) is 6.54 Å². The Morgan fingerprint density at radius 1 is 1.35 bits per heavy atom. The molecule has 1 heterocycles. The summed E-state index contributed by atoms with van der Waals surface area (Å²) in [5.74, 6) is 0.0425. The maximum Gasteiger partial charge on any atom is 0.242 e. The molecule has 0 unspecified atom stereocenters. The van der Waals surface area contributed by atoms with Crippen LogP contribution in [0.15, 0.2) is 24.3 Å². The monoisotopic (exact) mass is 274 g/mol. The van der Waals surface area contributed by atoms with E-state index in [-0.39, 0.29) is 24.0 Å². The van der Waals surface area contributed by atoms with Crippen LogP contribution >= 0.6 is 0 Å². The standard InChI is InChI=1S/C16H22N2O2/c19-11-16(7-3-4-8-16)10-17-15(20)14-9-12-5-1-2-6-13(12)18-14/h1-2,5-6,14,18-19H,3-4,7-11H2,(H,17,20)/t14-/m0/s1. The summed E-state index contributed by atoms with van der Waals surface area (Å²) in [7, 11) is 0. The lowest BCUT2D eigenvalue weighted by molar-refractivity contribution is -0.122. The van der Waals surface area contributed by atoms with Crippen molar-refractivity contribution in [2.45, 2.75) is 38.1 Å². The maximum atomic E-state index is 12.3. The average molecular weight is 274 g/mol. The second-order valence-corrected chi connectivity index (χ2v) is 6.14. The number of hydrogen-bond donors (Lipinski definition) is 3. The SMILES string of the molecule is O=C(NCC1(CO)CCCC1)[C@@H]1Cc2ccccc2N1. The molecular formula is C16H22N2O2. The second-order valence-electron chi connectivity index (χ2n) is 6.14. The molecular weight excluding hydrogens is 252 g/mol. The van der Waals surface area contributed by atoms with Gasteiger partial charge in [-0.2, -0.15) is 0 Å². The van der Waals surface area contributed by atoms with Gasteiger partial charge in [-0.3, -0.25) is 4.79 Å². The van der Waals surface area contributed by atoms with Crippen molar-refractivity contribution in [3.05, 3.63) is 29.8 Å². The summed E-state index contributed by atoms with van der Waals surface area (Å²) in [6.07, 6.45) is 5.09. The zero-order chi connectivity index (χ0) is 14.0. The number of para-hydroxylation sites is 1. The molecule has 0 spiro atoms. The van der Waals surface area contributed by atoms with Gasteiger partial charge in [-0.25, -0.2) is 0 Å². The third-order valence-electron chi connectivity index (χ3n) is 4.72. The van der Waals surface area contributed by atoms with Gasteiger partial charge in [-0.1, -0.05) is 31.0 Å². The highest BCUT2D eigenvalue weighted by atomic mass is 16.3. The summed E-state index contributed by atoms with van der Waals surface area (Å²) >= 11 is 0. The van der Waals surface area contributed by atoms with Crippen molar-refractivity contribution in [2.75, 3.05) is 18.5 Å². The Morgan fingerprint density at radius 2 is 2.10 bits per heavy atom. The number of aliphatic hydroxyl groups excluding tert-OH is 1. The van der Waals surface area contributed by atoms with Gasteiger partial charge in [0.05, 0.1) is 6.61 Å². The molecule has 3 N–H and O–H groups in total.